The number of aryl methyl sites for hydroxylation is 1. The second-order valence-electron chi connectivity index (χ2n) is 4.54. The molecule has 0 aromatic heterocycles. The molecule has 0 fully saturated rings. The lowest BCUT2D eigenvalue weighted by atomic mass is 9.98. The second-order valence-corrected chi connectivity index (χ2v) is 5.35. The topological polar surface area (TPSA) is 26.0 Å². The average Bonchev–Trinajstić information content (AvgIpc) is 2.33. The summed E-state index contributed by atoms with van der Waals surface area (Å²) in [6, 6.07) is 9.82. The summed E-state index contributed by atoms with van der Waals surface area (Å²) in [5.41, 5.74) is 8.15. The molecule has 0 saturated carbocycles. The van der Waals surface area contributed by atoms with Crippen LogP contribution in [0.5, 0.6) is 0 Å². The molecule has 2 N–H and O–H groups in total. The van der Waals surface area contributed by atoms with Crippen LogP contribution in [-0.4, -0.2) is 0 Å². The normalized spacial score (nSPS) is 12.5. The number of hydrogen-bond donors (Lipinski definition) is 1. The Morgan fingerprint density at radius 2 is 1.79 bits per heavy atom. The highest BCUT2D eigenvalue weighted by Crippen LogP contribution is 2.29. The average molecular weight is 298 g/mol. The van der Waals surface area contributed by atoms with Gasteiger partial charge in [0.2, 0.25) is 0 Å². The minimum Gasteiger partial charge on any atom is -0.324 e. The largest absolute Gasteiger partial charge is 0.324 e. The van der Waals surface area contributed by atoms with Gasteiger partial charge in [-0.05, 0) is 42.7 Å². The molecule has 2 aromatic carbocycles. The fourth-order valence-electron chi connectivity index (χ4n) is 1.99. The van der Waals surface area contributed by atoms with Crippen LogP contribution < -0.4 is 5.73 Å². The summed E-state index contributed by atoms with van der Waals surface area (Å²) in [5, 5.41) is 1.10. The zero-order valence-electron chi connectivity index (χ0n) is 10.5. The van der Waals surface area contributed by atoms with Crippen molar-refractivity contribution in [2.24, 2.45) is 5.73 Å². The Morgan fingerprint density at radius 1 is 1.16 bits per heavy atom. The Balaban J connectivity index is 2.28. The van der Waals surface area contributed by atoms with E-state index < -0.39 is 6.04 Å². The van der Waals surface area contributed by atoms with E-state index >= 15 is 0 Å². The first-order valence-corrected chi connectivity index (χ1v) is 6.69. The van der Waals surface area contributed by atoms with Gasteiger partial charge in [0.05, 0.1) is 0 Å². The second kappa shape index (κ2) is 5.91. The molecule has 0 heterocycles. The number of hydrogen-bond acceptors (Lipinski definition) is 1. The molecule has 19 heavy (non-hydrogen) atoms. The summed E-state index contributed by atoms with van der Waals surface area (Å²) in [5.74, 6) is -0.296. The van der Waals surface area contributed by atoms with Crippen LogP contribution >= 0.6 is 23.2 Å². The predicted octanol–water partition coefficient (Wildman–Crippen LogP) is 4.68. The third-order valence-electron chi connectivity index (χ3n) is 3.04. The smallest absolute Gasteiger partial charge is 0.128 e. The maximum Gasteiger partial charge on any atom is 0.128 e. The standard InChI is InChI=1S/C15H14Cl2FN/c1-9-5-6-10(14(18)7-9)15(19)8-11-12(16)3-2-4-13(11)17/h2-7,15H,8,19H2,1H3. The monoisotopic (exact) mass is 297 g/mol. The first-order valence-electron chi connectivity index (χ1n) is 5.93. The molecule has 2 aromatic rings. The molecule has 0 amide bonds. The maximum atomic E-state index is 13.9. The predicted molar refractivity (Wildman–Crippen MR) is 78.2 cm³/mol. The highest BCUT2D eigenvalue weighted by Gasteiger charge is 2.15. The summed E-state index contributed by atoms with van der Waals surface area (Å²) < 4.78 is 13.9. The molecule has 4 heteroatoms. The first kappa shape index (κ1) is 14.3. The summed E-state index contributed by atoms with van der Waals surface area (Å²) in [6.45, 7) is 1.84. The van der Waals surface area contributed by atoms with Crippen molar-refractivity contribution in [1.29, 1.82) is 0 Å². The van der Waals surface area contributed by atoms with Crippen molar-refractivity contribution in [3.05, 3.63) is 69.0 Å². The molecule has 0 aliphatic carbocycles. The van der Waals surface area contributed by atoms with Gasteiger partial charge in [-0.15, -0.1) is 0 Å². The van der Waals surface area contributed by atoms with Gasteiger partial charge in [0.25, 0.3) is 0 Å². The fourth-order valence-corrected chi connectivity index (χ4v) is 2.54. The molecular weight excluding hydrogens is 284 g/mol. The van der Waals surface area contributed by atoms with E-state index in [2.05, 4.69) is 0 Å². The highest BCUT2D eigenvalue weighted by atomic mass is 35.5. The summed E-state index contributed by atoms with van der Waals surface area (Å²) in [7, 11) is 0. The van der Waals surface area contributed by atoms with Gasteiger partial charge in [0, 0.05) is 21.7 Å². The van der Waals surface area contributed by atoms with Crippen LogP contribution in [0, 0.1) is 12.7 Å². The number of nitrogens with two attached hydrogens (primary N) is 1. The lowest BCUT2D eigenvalue weighted by Gasteiger charge is -2.15. The van der Waals surface area contributed by atoms with Crippen LogP contribution in [0.15, 0.2) is 36.4 Å². The van der Waals surface area contributed by atoms with Crippen LogP contribution in [0.3, 0.4) is 0 Å². The number of rotatable bonds is 3. The minimum atomic E-state index is -0.474. The van der Waals surface area contributed by atoms with Crippen LogP contribution in [0.2, 0.25) is 10.0 Å². The van der Waals surface area contributed by atoms with E-state index in [1.807, 2.05) is 13.0 Å². The van der Waals surface area contributed by atoms with Crippen molar-refractivity contribution in [3.8, 4) is 0 Å². The van der Waals surface area contributed by atoms with Crippen molar-refractivity contribution in [1.82, 2.24) is 0 Å². The summed E-state index contributed by atoms with van der Waals surface area (Å²) >= 11 is 12.2. The van der Waals surface area contributed by atoms with Gasteiger partial charge in [0.15, 0.2) is 0 Å². The van der Waals surface area contributed by atoms with Crippen molar-refractivity contribution in [2.45, 2.75) is 19.4 Å². The van der Waals surface area contributed by atoms with E-state index in [9.17, 15) is 4.39 Å². The zero-order valence-corrected chi connectivity index (χ0v) is 12.0. The van der Waals surface area contributed by atoms with Crippen molar-refractivity contribution in [2.75, 3.05) is 0 Å². The van der Waals surface area contributed by atoms with Gasteiger partial charge >= 0.3 is 0 Å². The molecular formula is C15H14Cl2FN. The molecule has 0 saturated heterocycles. The van der Waals surface area contributed by atoms with Gasteiger partial charge in [0.1, 0.15) is 5.82 Å². The van der Waals surface area contributed by atoms with E-state index in [1.54, 1.807) is 24.3 Å². The molecule has 1 nitrogen and oxygen atoms in total. The van der Waals surface area contributed by atoms with Crippen LogP contribution in [0.25, 0.3) is 0 Å². The van der Waals surface area contributed by atoms with E-state index in [1.165, 1.54) is 6.07 Å². The third-order valence-corrected chi connectivity index (χ3v) is 3.75. The van der Waals surface area contributed by atoms with Gasteiger partial charge in [-0.2, -0.15) is 0 Å². The van der Waals surface area contributed by atoms with E-state index in [-0.39, 0.29) is 5.82 Å². The zero-order chi connectivity index (χ0) is 14.0. The van der Waals surface area contributed by atoms with Gasteiger partial charge < -0.3 is 5.73 Å². The van der Waals surface area contributed by atoms with E-state index in [0.717, 1.165) is 11.1 Å². The van der Waals surface area contributed by atoms with Crippen LogP contribution in [0.1, 0.15) is 22.7 Å². The molecule has 2 rings (SSSR count). The SMILES string of the molecule is Cc1ccc(C(N)Cc2c(Cl)cccc2Cl)c(F)c1. The van der Waals surface area contributed by atoms with Crippen molar-refractivity contribution >= 4 is 23.2 Å². The third kappa shape index (κ3) is 3.27. The molecule has 1 atom stereocenters. The summed E-state index contributed by atoms with van der Waals surface area (Å²) in [4.78, 5) is 0. The molecule has 0 aliphatic heterocycles. The van der Waals surface area contributed by atoms with Gasteiger partial charge in [-0.1, -0.05) is 41.4 Å². The first-order chi connectivity index (χ1) is 8.99. The molecule has 1 unspecified atom stereocenters. The molecule has 0 radical (unpaired) electrons. The minimum absolute atomic E-state index is 0.296. The lowest BCUT2D eigenvalue weighted by molar-refractivity contribution is 0.579. The Kier molecular flexibility index (Phi) is 4.46. The molecule has 100 valence electrons. The fraction of sp³-hybridized carbons (Fsp3) is 0.200. The maximum absolute atomic E-state index is 13.9. The quantitative estimate of drug-likeness (QED) is 0.874. The van der Waals surface area contributed by atoms with E-state index in [0.29, 0.717) is 22.0 Å². The number of benzene rings is 2. The highest BCUT2D eigenvalue weighted by molar-refractivity contribution is 6.36. The van der Waals surface area contributed by atoms with Gasteiger partial charge in [-0.3, -0.25) is 0 Å². The number of halogens is 3. The Labute approximate surface area is 122 Å². The van der Waals surface area contributed by atoms with Gasteiger partial charge in [-0.25, -0.2) is 4.39 Å². The van der Waals surface area contributed by atoms with Crippen LogP contribution in [0.4, 0.5) is 4.39 Å². The Hall–Kier alpha value is -1.09. The summed E-state index contributed by atoms with van der Waals surface area (Å²) in [6.07, 6.45) is 0.401. The van der Waals surface area contributed by atoms with Crippen LogP contribution in [-0.2, 0) is 6.42 Å². The lowest BCUT2D eigenvalue weighted by Crippen LogP contribution is -2.15. The van der Waals surface area contributed by atoms with Crippen molar-refractivity contribution < 1.29 is 4.39 Å². The molecule has 0 aliphatic rings. The molecule has 0 spiro atoms. The Morgan fingerprint density at radius 3 is 2.37 bits per heavy atom. The van der Waals surface area contributed by atoms with Crippen molar-refractivity contribution in [3.63, 3.8) is 0 Å². The molecule has 0 bridgehead atoms. The Bertz CT molecular complexity index is 578. The van der Waals surface area contributed by atoms with E-state index in [4.69, 9.17) is 28.9 Å².